The Morgan fingerprint density at radius 1 is 1.10 bits per heavy atom. The lowest BCUT2D eigenvalue weighted by molar-refractivity contribution is 0.0920. The quantitative estimate of drug-likeness (QED) is 0.810. The van der Waals surface area contributed by atoms with Crippen molar-refractivity contribution in [2.75, 3.05) is 19.8 Å². The highest BCUT2D eigenvalue weighted by molar-refractivity contribution is 5.97. The molecule has 0 atom stereocenters. The number of ether oxygens (including phenoxy) is 3. The van der Waals surface area contributed by atoms with Gasteiger partial charge in [-0.25, -0.2) is 0 Å². The molecule has 0 aromatic heterocycles. The third-order valence-corrected chi connectivity index (χ3v) is 3.32. The third kappa shape index (κ3) is 2.99. The third-order valence-electron chi connectivity index (χ3n) is 3.32. The lowest BCUT2D eigenvalue weighted by Gasteiger charge is -2.18. The second-order valence-electron chi connectivity index (χ2n) is 4.84. The molecule has 3 rings (SSSR count). The number of para-hydroxylation sites is 1. The molecule has 0 aliphatic carbocycles. The molecule has 1 heterocycles. The molecule has 0 saturated carbocycles. The fraction of sp³-hybridized carbons (Fsp3) is 0.235. The van der Waals surface area contributed by atoms with Gasteiger partial charge in [-0.2, -0.15) is 0 Å². The molecule has 1 aliphatic heterocycles. The van der Waals surface area contributed by atoms with Gasteiger partial charge in [-0.1, -0.05) is 18.2 Å². The number of carbonyl (C=O) groups is 1. The number of rotatable bonds is 4. The molecule has 0 N–H and O–H groups in total. The number of benzene rings is 2. The Bertz CT molecular complexity index is 664. The monoisotopic (exact) mass is 284 g/mol. The van der Waals surface area contributed by atoms with E-state index in [1.165, 1.54) is 0 Å². The average Bonchev–Trinajstić information content (AvgIpc) is 2.53. The van der Waals surface area contributed by atoms with Gasteiger partial charge in [-0.3, -0.25) is 4.79 Å². The molecule has 0 spiro atoms. The van der Waals surface area contributed by atoms with Gasteiger partial charge in [0.1, 0.15) is 19.0 Å². The van der Waals surface area contributed by atoms with Crippen molar-refractivity contribution in [2.24, 2.45) is 0 Å². The van der Waals surface area contributed by atoms with Crippen LogP contribution in [0.5, 0.6) is 17.2 Å². The van der Waals surface area contributed by atoms with Gasteiger partial charge in [0.25, 0.3) is 0 Å². The number of ketones is 1. The van der Waals surface area contributed by atoms with E-state index in [0.29, 0.717) is 30.3 Å². The summed E-state index contributed by atoms with van der Waals surface area (Å²) in [4.78, 5) is 12.2. The first kappa shape index (κ1) is 13.5. The van der Waals surface area contributed by atoms with Crippen molar-refractivity contribution in [3.05, 3.63) is 53.6 Å². The molecule has 0 bridgehead atoms. The van der Waals surface area contributed by atoms with Crippen LogP contribution in [0.25, 0.3) is 0 Å². The van der Waals surface area contributed by atoms with Crippen LogP contribution in [-0.4, -0.2) is 25.6 Å². The average molecular weight is 284 g/mol. The maximum absolute atomic E-state index is 12.2. The van der Waals surface area contributed by atoms with Crippen LogP contribution in [0.4, 0.5) is 0 Å². The van der Waals surface area contributed by atoms with Gasteiger partial charge < -0.3 is 14.2 Å². The largest absolute Gasteiger partial charge is 0.486 e. The van der Waals surface area contributed by atoms with Crippen LogP contribution >= 0.6 is 0 Å². The van der Waals surface area contributed by atoms with Crippen LogP contribution in [0, 0.1) is 6.92 Å². The maximum atomic E-state index is 12.2. The fourth-order valence-electron chi connectivity index (χ4n) is 2.16. The van der Waals surface area contributed by atoms with E-state index in [4.69, 9.17) is 14.2 Å². The Hall–Kier alpha value is -2.49. The number of fused-ring (bicyclic) bond motifs is 1. The van der Waals surface area contributed by atoms with Gasteiger partial charge in [0.2, 0.25) is 0 Å². The molecule has 4 nitrogen and oxygen atoms in total. The molecule has 0 amide bonds. The number of hydrogen-bond acceptors (Lipinski definition) is 4. The summed E-state index contributed by atoms with van der Waals surface area (Å²) >= 11 is 0. The van der Waals surface area contributed by atoms with Crippen molar-refractivity contribution in [3.63, 3.8) is 0 Å². The van der Waals surface area contributed by atoms with E-state index < -0.39 is 0 Å². The molecule has 108 valence electrons. The van der Waals surface area contributed by atoms with Crippen molar-refractivity contribution in [1.29, 1.82) is 0 Å². The van der Waals surface area contributed by atoms with Crippen molar-refractivity contribution >= 4 is 5.78 Å². The smallest absolute Gasteiger partial charge is 0.200 e. The van der Waals surface area contributed by atoms with Crippen LogP contribution < -0.4 is 14.2 Å². The first-order chi connectivity index (χ1) is 10.2. The number of hydrogen-bond donors (Lipinski definition) is 0. The van der Waals surface area contributed by atoms with E-state index in [0.717, 1.165) is 11.3 Å². The van der Waals surface area contributed by atoms with E-state index in [9.17, 15) is 4.79 Å². The Balaban J connectivity index is 1.69. The summed E-state index contributed by atoms with van der Waals surface area (Å²) in [6.45, 7) is 3.00. The summed E-state index contributed by atoms with van der Waals surface area (Å²) in [6, 6.07) is 12.8. The lowest BCUT2D eigenvalue weighted by atomic mass is 10.1. The standard InChI is InChI=1S/C17H16O4/c1-12-4-2-3-5-15(12)21-11-14(18)13-6-7-16-17(10-13)20-9-8-19-16/h2-7,10H,8-9,11H2,1H3. The molecular formula is C17H16O4. The van der Waals surface area contributed by atoms with Crippen LogP contribution in [0.15, 0.2) is 42.5 Å². The van der Waals surface area contributed by atoms with Crippen molar-refractivity contribution in [3.8, 4) is 17.2 Å². The normalized spacial score (nSPS) is 12.8. The predicted molar refractivity (Wildman–Crippen MR) is 78.4 cm³/mol. The molecule has 0 saturated heterocycles. The van der Waals surface area contributed by atoms with Crippen LogP contribution in [0.2, 0.25) is 0 Å². The van der Waals surface area contributed by atoms with E-state index in [2.05, 4.69) is 0 Å². The molecule has 21 heavy (non-hydrogen) atoms. The van der Waals surface area contributed by atoms with E-state index in [1.807, 2.05) is 31.2 Å². The molecule has 0 fully saturated rings. The van der Waals surface area contributed by atoms with Gasteiger partial charge in [-0.15, -0.1) is 0 Å². The zero-order chi connectivity index (χ0) is 14.7. The van der Waals surface area contributed by atoms with Crippen molar-refractivity contribution in [2.45, 2.75) is 6.92 Å². The lowest BCUT2D eigenvalue weighted by Crippen LogP contribution is -2.17. The minimum atomic E-state index is -0.0878. The summed E-state index contributed by atoms with van der Waals surface area (Å²) in [7, 11) is 0. The molecule has 2 aromatic rings. The summed E-state index contributed by atoms with van der Waals surface area (Å²) in [6.07, 6.45) is 0. The summed E-state index contributed by atoms with van der Waals surface area (Å²) < 4.78 is 16.5. The zero-order valence-corrected chi connectivity index (χ0v) is 11.8. The molecular weight excluding hydrogens is 268 g/mol. The Morgan fingerprint density at radius 3 is 2.67 bits per heavy atom. The highest BCUT2D eigenvalue weighted by Gasteiger charge is 2.15. The molecule has 0 radical (unpaired) electrons. The minimum absolute atomic E-state index is 0.00446. The number of Topliss-reactive ketones (excluding diaryl/α,β-unsaturated/α-hetero) is 1. The van der Waals surface area contributed by atoms with E-state index in [-0.39, 0.29) is 12.4 Å². The second-order valence-corrected chi connectivity index (χ2v) is 4.84. The summed E-state index contributed by atoms with van der Waals surface area (Å²) in [5, 5.41) is 0. The summed E-state index contributed by atoms with van der Waals surface area (Å²) in [5.41, 5.74) is 1.57. The highest BCUT2D eigenvalue weighted by atomic mass is 16.6. The molecule has 2 aromatic carbocycles. The number of carbonyl (C=O) groups excluding carboxylic acids is 1. The predicted octanol–water partition coefficient (Wildman–Crippen LogP) is 3.03. The van der Waals surface area contributed by atoms with Gasteiger partial charge >= 0.3 is 0 Å². The zero-order valence-electron chi connectivity index (χ0n) is 11.8. The molecule has 0 unspecified atom stereocenters. The second kappa shape index (κ2) is 5.87. The van der Waals surface area contributed by atoms with Gasteiger partial charge in [-0.05, 0) is 36.8 Å². The van der Waals surface area contributed by atoms with Gasteiger partial charge in [0.15, 0.2) is 23.9 Å². The van der Waals surface area contributed by atoms with Crippen molar-refractivity contribution < 1.29 is 19.0 Å². The first-order valence-corrected chi connectivity index (χ1v) is 6.85. The van der Waals surface area contributed by atoms with Crippen molar-refractivity contribution in [1.82, 2.24) is 0 Å². The number of aryl methyl sites for hydroxylation is 1. The first-order valence-electron chi connectivity index (χ1n) is 6.85. The maximum Gasteiger partial charge on any atom is 0.200 e. The Kier molecular flexibility index (Phi) is 3.77. The topological polar surface area (TPSA) is 44.8 Å². The fourth-order valence-corrected chi connectivity index (χ4v) is 2.16. The SMILES string of the molecule is Cc1ccccc1OCC(=O)c1ccc2c(c1)OCCO2. The van der Waals surface area contributed by atoms with Gasteiger partial charge in [0, 0.05) is 5.56 Å². The Morgan fingerprint density at radius 2 is 1.86 bits per heavy atom. The molecule has 4 heteroatoms. The van der Waals surface area contributed by atoms with E-state index >= 15 is 0 Å². The minimum Gasteiger partial charge on any atom is -0.486 e. The highest BCUT2D eigenvalue weighted by Crippen LogP contribution is 2.30. The van der Waals surface area contributed by atoms with Crippen LogP contribution in [0.3, 0.4) is 0 Å². The molecule has 1 aliphatic rings. The Labute approximate surface area is 123 Å². The van der Waals surface area contributed by atoms with E-state index in [1.54, 1.807) is 18.2 Å². The van der Waals surface area contributed by atoms with Crippen LogP contribution in [-0.2, 0) is 0 Å². The summed E-state index contributed by atoms with van der Waals surface area (Å²) in [5.74, 6) is 1.93. The van der Waals surface area contributed by atoms with Gasteiger partial charge in [0.05, 0.1) is 0 Å². The van der Waals surface area contributed by atoms with Crippen LogP contribution in [0.1, 0.15) is 15.9 Å².